The van der Waals surface area contributed by atoms with Crippen LogP contribution >= 0.6 is 11.8 Å². The van der Waals surface area contributed by atoms with Gasteiger partial charge in [0.05, 0.1) is 42.0 Å². The molecule has 2 heterocycles. The minimum absolute atomic E-state index is 0.0148. The van der Waals surface area contributed by atoms with Crippen molar-refractivity contribution < 1.29 is 34.1 Å². The molecule has 1 fully saturated rings. The molecule has 5 aromatic carbocycles. The predicted molar refractivity (Wildman–Crippen MR) is 190 cm³/mol. The van der Waals surface area contributed by atoms with E-state index in [2.05, 4.69) is 6.92 Å². The summed E-state index contributed by atoms with van der Waals surface area (Å²) in [5, 5.41) is 18.9. The van der Waals surface area contributed by atoms with Crippen molar-refractivity contribution >= 4 is 29.5 Å². The van der Waals surface area contributed by atoms with Crippen molar-refractivity contribution in [3.63, 3.8) is 0 Å². The van der Waals surface area contributed by atoms with Gasteiger partial charge < -0.3 is 19.7 Å². The molecule has 7 rings (SSSR count). The molecule has 0 bridgehead atoms. The van der Waals surface area contributed by atoms with Gasteiger partial charge in [-0.05, 0) is 76.3 Å². The number of rotatable bonds is 10. The maximum Gasteiger partial charge on any atom is 0.335 e. The van der Waals surface area contributed by atoms with E-state index >= 15 is 0 Å². The van der Waals surface area contributed by atoms with Gasteiger partial charge in [0, 0.05) is 22.1 Å². The number of aromatic carboxylic acids is 1. The van der Waals surface area contributed by atoms with E-state index in [9.17, 15) is 24.6 Å². The lowest BCUT2D eigenvalue weighted by Crippen LogP contribution is -2.38. The first-order valence-electron chi connectivity index (χ1n) is 16.4. The Balaban J connectivity index is 1.13. The van der Waals surface area contributed by atoms with Crippen LogP contribution in [0.1, 0.15) is 72.6 Å². The van der Waals surface area contributed by atoms with Crippen LogP contribution in [0.5, 0.6) is 0 Å². The molecule has 252 valence electrons. The fraction of sp³-hybridized carbons (Fsp3) is 0.195. The summed E-state index contributed by atoms with van der Waals surface area (Å²) in [4.78, 5) is 39.6. The van der Waals surface area contributed by atoms with Gasteiger partial charge in [0.2, 0.25) is 0 Å². The highest BCUT2D eigenvalue weighted by Gasteiger charge is 2.39. The van der Waals surface area contributed by atoms with Crippen molar-refractivity contribution in [2.45, 2.75) is 43.5 Å². The van der Waals surface area contributed by atoms with Gasteiger partial charge >= 0.3 is 5.97 Å². The van der Waals surface area contributed by atoms with Crippen molar-refractivity contribution in [1.82, 2.24) is 4.90 Å². The number of carbonyl (C=O) groups is 3. The van der Waals surface area contributed by atoms with Crippen LogP contribution in [0.2, 0.25) is 0 Å². The second-order valence-corrected chi connectivity index (χ2v) is 13.6. The number of carboxylic acids is 1. The average Bonchev–Trinajstić information content (AvgIpc) is 3.39. The lowest BCUT2D eigenvalue weighted by Gasteiger charge is -2.41. The summed E-state index contributed by atoms with van der Waals surface area (Å²) in [6.45, 7) is 2.23. The van der Waals surface area contributed by atoms with Crippen LogP contribution in [0, 0.1) is 5.92 Å². The topological polar surface area (TPSA) is 113 Å². The van der Waals surface area contributed by atoms with E-state index in [0.717, 1.165) is 38.3 Å². The smallest absolute Gasteiger partial charge is 0.335 e. The average molecular weight is 686 g/mol. The minimum atomic E-state index is -0.961. The molecule has 4 atom stereocenters. The maximum atomic E-state index is 13.0. The molecular weight excluding hydrogens is 651 g/mol. The summed E-state index contributed by atoms with van der Waals surface area (Å²) < 4.78 is 13.3. The quantitative estimate of drug-likeness (QED) is 0.113. The summed E-state index contributed by atoms with van der Waals surface area (Å²) in [5.41, 5.74) is 6.45. The minimum Gasteiger partial charge on any atom is -0.478 e. The van der Waals surface area contributed by atoms with Crippen LogP contribution in [0.4, 0.5) is 0 Å². The van der Waals surface area contributed by atoms with E-state index in [4.69, 9.17) is 9.47 Å². The molecule has 0 spiro atoms. The first-order valence-corrected chi connectivity index (χ1v) is 17.4. The van der Waals surface area contributed by atoms with Crippen LogP contribution < -0.4 is 0 Å². The molecule has 2 aliphatic rings. The standard InChI is InChI=1S/C41H35NO7S/c1-25-36(24-50-33-18-16-29(17-19-33)40(46)47)48-41(49-37(25)28-14-12-26(23-43)13-15-28)32-9-5-8-31(21-32)30-7-4-6-27(20-30)22-42-38(44)34-10-2-3-11-35(34)39(42)45/h2-21,25,36-37,41,43H,22-24H2,1H3,(H,46,47). The lowest BCUT2D eigenvalue weighted by atomic mass is 9.91. The zero-order chi connectivity index (χ0) is 34.8. The second-order valence-electron chi connectivity index (χ2n) is 12.5. The lowest BCUT2D eigenvalue weighted by molar-refractivity contribution is -0.268. The number of carbonyl (C=O) groups excluding carboxylic acids is 2. The molecule has 1 saturated heterocycles. The highest BCUT2D eigenvalue weighted by atomic mass is 32.2. The van der Waals surface area contributed by atoms with Crippen LogP contribution in [-0.2, 0) is 22.6 Å². The first-order chi connectivity index (χ1) is 24.3. The van der Waals surface area contributed by atoms with Gasteiger partial charge in [0.25, 0.3) is 11.8 Å². The molecule has 8 nitrogen and oxygen atoms in total. The number of thioether (sulfide) groups is 1. The Labute approximate surface area is 294 Å². The molecule has 4 unspecified atom stereocenters. The molecule has 0 radical (unpaired) electrons. The van der Waals surface area contributed by atoms with E-state index in [-0.39, 0.29) is 48.7 Å². The number of hydrogen-bond acceptors (Lipinski definition) is 7. The monoisotopic (exact) mass is 685 g/mol. The number of imide groups is 1. The summed E-state index contributed by atoms with van der Waals surface area (Å²) in [5.74, 6) is -0.927. The normalized spacial score (nSPS) is 20.2. The Hall–Kier alpha value is -5.06. The molecule has 2 amide bonds. The molecule has 2 N–H and O–H groups in total. The fourth-order valence-corrected chi connectivity index (χ4v) is 7.53. The summed E-state index contributed by atoms with van der Waals surface area (Å²) in [6, 6.07) is 37.3. The Kier molecular flexibility index (Phi) is 9.65. The van der Waals surface area contributed by atoms with E-state index < -0.39 is 12.3 Å². The van der Waals surface area contributed by atoms with Crippen LogP contribution in [-0.4, -0.2) is 44.8 Å². The van der Waals surface area contributed by atoms with Crippen molar-refractivity contribution in [1.29, 1.82) is 0 Å². The number of hydrogen-bond donors (Lipinski definition) is 2. The van der Waals surface area contributed by atoms with E-state index in [0.29, 0.717) is 16.9 Å². The highest BCUT2D eigenvalue weighted by Crippen LogP contribution is 2.43. The van der Waals surface area contributed by atoms with Crippen molar-refractivity contribution in [3.05, 3.63) is 160 Å². The number of aliphatic hydroxyl groups excluding tert-OH is 1. The molecular formula is C41H35NO7S. The summed E-state index contributed by atoms with van der Waals surface area (Å²) >= 11 is 1.60. The molecule has 50 heavy (non-hydrogen) atoms. The molecule has 0 aromatic heterocycles. The van der Waals surface area contributed by atoms with Crippen molar-refractivity contribution in [3.8, 4) is 11.1 Å². The number of amides is 2. The largest absolute Gasteiger partial charge is 0.478 e. The molecule has 2 aliphatic heterocycles. The number of carboxylic acid groups (broad SMARTS) is 1. The number of nitrogens with zero attached hydrogens (tertiary/aromatic N) is 1. The van der Waals surface area contributed by atoms with Gasteiger partial charge in [-0.15, -0.1) is 11.8 Å². The molecule has 0 saturated carbocycles. The molecule has 5 aromatic rings. The third kappa shape index (κ3) is 6.86. The molecule has 9 heteroatoms. The Morgan fingerprint density at radius 1 is 0.740 bits per heavy atom. The van der Waals surface area contributed by atoms with Crippen LogP contribution in [0.25, 0.3) is 11.1 Å². The predicted octanol–water partition coefficient (Wildman–Crippen LogP) is 7.92. The van der Waals surface area contributed by atoms with E-state index in [1.807, 2.05) is 84.9 Å². The fourth-order valence-electron chi connectivity index (χ4n) is 6.46. The van der Waals surface area contributed by atoms with Gasteiger partial charge in [-0.1, -0.05) is 79.7 Å². The van der Waals surface area contributed by atoms with Crippen LogP contribution in [0.3, 0.4) is 0 Å². The van der Waals surface area contributed by atoms with E-state index in [1.165, 1.54) is 4.90 Å². The number of ether oxygens (including phenoxy) is 2. The van der Waals surface area contributed by atoms with E-state index in [1.54, 1.807) is 48.2 Å². The third-order valence-corrected chi connectivity index (χ3v) is 10.4. The SMILES string of the molecule is CC1C(CSc2ccc(C(=O)O)cc2)OC(c2cccc(-c3cccc(CN4C(=O)c5ccccc5C4=O)c3)c2)OC1c1ccc(CO)cc1. The maximum absolute atomic E-state index is 13.0. The van der Waals surface area contributed by atoms with Gasteiger partial charge in [-0.25, -0.2) is 4.79 Å². The van der Waals surface area contributed by atoms with Crippen molar-refractivity contribution in [2.75, 3.05) is 5.75 Å². The Bertz CT molecular complexity index is 2010. The summed E-state index contributed by atoms with van der Waals surface area (Å²) in [7, 11) is 0. The van der Waals surface area contributed by atoms with Gasteiger partial charge in [0.15, 0.2) is 6.29 Å². The second kappa shape index (κ2) is 14.4. The number of fused-ring (bicyclic) bond motifs is 1. The van der Waals surface area contributed by atoms with Crippen molar-refractivity contribution in [2.24, 2.45) is 5.92 Å². The van der Waals surface area contributed by atoms with Gasteiger partial charge in [-0.3, -0.25) is 14.5 Å². The zero-order valence-electron chi connectivity index (χ0n) is 27.3. The summed E-state index contributed by atoms with van der Waals surface area (Å²) in [6.07, 6.45) is -1.16. The number of benzene rings is 5. The zero-order valence-corrected chi connectivity index (χ0v) is 28.1. The Morgan fingerprint density at radius 2 is 1.40 bits per heavy atom. The third-order valence-electron chi connectivity index (χ3n) is 9.28. The number of aliphatic hydroxyl groups is 1. The van der Waals surface area contributed by atoms with Gasteiger partial charge in [-0.2, -0.15) is 0 Å². The van der Waals surface area contributed by atoms with Crippen LogP contribution in [0.15, 0.2) is 126 Å². The highest BCUT2D eigenvalue weighted by molar-refractivity contribution is 7.99. The van der Waals surface area contributed by atoms with Gasteiger partial charge in [0.1, 0.15) is 0 Å². The Morgan fingerprint density at radius 3 is 2.06 bits per heavy atom. The first kappa shape index (κ1) is 33.4. The molecule has 0 aliphatic carbocycles.